The molecule has 0 aliphatic heterocycles. The van der Waals surface area contributed by atoms with E-state index in [9.17, 15) is 4.79 Å². The zero-order chi connectivity index (χ0) is 16.7. The van der Waals surface area contributed by atoms with E-state index in [1.165, 1.54) is 6.07 Å². The van der Waals surface area contributed by atoms with Crippen LogP contribution in [0.3, 0.4) is 0 Å². The number of halogens is 1. The molecule has 1 heterocycles. The Morgan fingerprint density at radius 3 is 2.65 bits per heavy atom. The van der Waals surface area contributed by atoms with Crippen molar-refractivity contribution in [2.75, 3.05) is 13.7 Å². The summed E-state index contributed by atoms with van der Waals surface area (Å²) in [6.45, 7) is 3.18. The zero-order valence-electron chi connectivity index (χ0n) is 13.5. The second-order valence-electron chi connectivity index (χ2n) is 5.34. The van der Waals surface area contributed by atoms with Crippen LogP contribution in [0.5, 0.6) is 11.5 Å². The maximum Gasteiger partial charge on any atom is 0.254 e. The van der Waals surface area contributed by atoms with Gasteiger partial charge in [0, 0.05) is 17.3 Å². The number of pyridine rings is 1. The second kappa shape index (κ2) is 8.63. The molecule has 0 spiro atoms. The van der Waals surface area contributed by atoms with Gasteiger partial charge in [-0.2, -0.15) is 0 Å². The first-order valence-corrected chi connectivity index (χ1v) is 8.17. The minimum Gasteiger partial charge on any atom is -0.497 e. The average molecular weight is 336 g/mol. The molecule has 2 rings (SSSR count). The highest BCUT2D eigenvalue weighted by molar-refractivity contribution is 6.31. The van der Waals surface area contributed by atoms with Crippen LogP contribution >= 0.6 is 11.6 Å². The molecule has 4 nitrogen and oxygen atoms in total. The fraction of sp³-hybridized carbons (Fsp3) is 0.389. The highest BCUT2D eigenvalue weighted by Gasteiger charge is 2.06. The van der Waals surface area contributed by atoms with Gasteiger partial charge in [0.15, 0.2) is 0 Å². The number of aromatic nitrogens is 1. The van der Waals surface area contributed by atoms with Crippen molar-refractivity contribution in [1.29, 1.82) is 0 Å². The number of unbranched alkanes of at least 4 members (excludes halogenated alkanes) is 2. The summed E-state index contributed by atoms with van der Waals surface area (Å²) in [7, 11) is 1.60. The molecule has 1 aromatic heterocycles. The molecule has 1 aromatic carbocycles. The molecule has 0 radical (unpaired) electrons. The zero-order valence-corrected chi connectivity index (χ0v) is 14.3. The molecule has 0 atom stereocenters. The molecular weight excluding hydrogens is 314 g/mol. The quantitative estimate of drug-likeness (QED) is 0.681. The summed E-state index contributed by atoms with van der Waals surface area (Å²) in [4.78, 5) is 12.2. The SMILES string of the molecule is CCCCCOc1ccn(Cc2cc(OC)ccc2Cl)c(=O)c1. The van der Waals surface area contributed by atoms with Crippen LogP contribution in [-0.4, -0.2) is 18.3 Å². The molecule has 124 valence electrons. The Bertz CT molecular complexity index is 697. The van der Waals surface area contributed by atoms with Crippen LogP contribution in [0.1, 0.15) is 31.7 Å². The molecule has 0 aliphatic carbocycles. The van der Waals surface area contributed by atoms with Gasteiger partial charge in [0.2, 0.25) is 0 Å². The predicted molar refractivity (Wildman–Crippen MR) is 92.8 cm³/mol. The van der Waals surface area contributed by atoms with Crippen LogP contribution in [-0.2, 0) is 6.54 Å². The van der Waals surface area contributed by atoms with Crippen LogP contribution < -0.4 is 15.0 Å². The summed E-state index contributed by atoms with van der Waals surface area (Å²) in [5, 5.41) is 0.609. The van der Waals surface area contributed by atoms with Crippen molar-refractivity contribution in [2.45, 2.75) is 32.7 Å². The van der Waals surface area contributed by atoms with Crippen LogP contribution in [0.4, 0.5) is 0 Å². The van der Waals surface area contributed by atoms with Crippen LogP contribution in [0.2, 0.25) is 5.02 Å². The maximum absolute atomic E-state index is 12.2. The van der Waals surface area contributed by atoms with Crippen molar-refractivity contribution in [1.82, 2.24) is 4.57 Å². The van der Waals surface area contributed by atoms with E-state index in [0.29, 0.717) is 29.7 Å². The average Bonchev–Trinajstić information content (AvgIpc) is 2.56. The van der Waals surface area contributed by atoms with Gasteiger partial charge in [-0.25, -0.2) is 0 Å². The molecule has 0 amide bonds. The summed E-state index contributed by atoms with van der Waals surface area (Å²) >= 11 is 6.19. The lowest BCUT2D eigenvalue weighted by Crippen LogP contribution is -2.19. The first kappa shape index (κ1) is 17.4. The fourth-order valence-electron chi connectivity index (χ4n) is 2.23. The van der Waals surface area contributed by atoms with E-state index in [4.69, 9.17) is 21.1 Å². The molecule has 0 bridgehead atoms. The van der Waals surface area contributed by atoms with Crippen molar-refractivity contribution in [3.05, 3.63) is 57.5 Å². The summed E-state index contributed by atoms with van der Waals surface area (Å²) in [5.74, 6) is 1.33. The smallest absolute Gasteiger partial charge is 0.254 e. The van der Waals surface area contributed by atoms with Crippen LogP contribution in [0, 0.1) is 0 Å². The van der Waals surface area contributed by atoms with E-state index in [2.05, 4.69) is 6.92 Å². The lowest BCUT2D eigenvalue weighted by Gasteiger charge is -2.11. The third kappa shape index (κ3) is 5.03. The Kier molecular flexibility index (Phi) is 6.53. The Hall–Kier alpha value is -1.94. The number of rotatable bonds is 8. The first-order chi connectivity index (χ1) is 11.1. The summed E-state index contributed by atoms with van der Waals surface area (Å²) < 4.78 is 12.4. The molecule has 5 heteroatoms. The van der Waals surface area contributed by atoms with Gasteiger partial charge >= 0.3 is 0 Å². The lowest BCUT2D eigenvalue weighted by molar-refractivity contribution is 0.305. The van der Waals surface area contributed by atoms with Gasteiger partial charge in [0.05, 0.1) is 20.3 Å². The van der Waals surface area contributed by atoms with Crippen molar-refractivity contribution in [2.24, 2.45) is 0 Å². The first-order valence-electron chi connectivity index (χ1n) is 7.79. The van der Waals surface area contributed by atoms with E-state index in [1.807, 2.05) is 6.07 Å². The van der Waals surface area contributed by atoms with Gasteiger partial charge in [-0.05, 0) is 36.2 Å². The van der Waals surface area contributed by atoms with Crippen molar-refractivity contribution in [3.8, 4) is 11.5 Å². The Labute approximate surface area is 141 Å². The molecule has 0 unspecified atom stereocenters. The fourth-order valence-corrected chi connectivity index (χ4v) is 2.41. The highest BCUT2D eigenvalue weighted by atomic mass is 35.5. The number of hydrogen-bond acceptors (Lipinski definition) is 3. The second-order valence-corrected chi connectivity index (χ2v) is 5.75. The van der Waals surface area contributed by atoms with Gasteiger partial charge in [-0.15, -0.1) is 0 Å². The molecule has 23 heavy (non-hydrogen) atoms. The Morgan fingerprint density at radius 1 is 1.13 bits per heavy atom. The van der Waals surface area contributed by atoms with Crippen molar-refractivity contribution >= 4 is 11.6 Å². The van der Waals surface area contributed by atoms with Gasteiger partial charge in [0.25, 0.3) is 5.56 Å². The minimum atomic E-state index is -0.114. The summed E-state index contributed by atoms with van der Waals surface area (Å²) in [5.41, 5.74) is 0.724. The Morgan fingerprint density at radius 2 is 1.96 bits per heavy atom. The van der Waals surface area contributed by atoms with Gasteiger partial charge < -0.3 is 14.0 Å². The topological polar surface area (TPSA) is 40.5 Å². The number of benzene rings is 1. The molecule has 0 saturated carbocycles. The van der Waals surface area contributed by atoms with Gasteiger partial charge in [0.1, 0.15) is 11.5 Å². The number of methoxy groups -OCH3 is 1. The normalized spacial score (nSPS) is 10.6. The molecular formula is C18H22ClNO3. The number of nitrogens with zero attached hydrogens (tertiary/aromatic N) is 1. The standard InChI is InChI=1S/C18H22ClNO3/c1-3-4-5-10-23-16-8-9-20(18(21)12-16)13-14-11-15(22-2)6-7-17(14)19/h6-9,11-12H,3-5,10,13H2,1-2H3. The van der Waals surface area contributed by atoms with Crippen molar-refractivity contribution < 1.29 is 9.47 Å². The molecule has 0 saturated heterocycles. The molecule has 0 fully saturated rings. The largest absolute Gasteiger partial charge is 0.497 e. The van der Waals surface area contributed by atoms with E-state index >= 15 is 0 Å². The number of hydrogen-bond donors (Lipinski definition) is 0. The van der Waals surface area contributed by atoms with E-state index in [0.717, 1.165) is 24.8 Å². The van der Waals surface area contributed by atoms with Gasteiger partial charge in [-0.1, -0.05) is 31.4 Å². The van der Waals surface area contributed by atoms with Crippen molar-refractivity contribution in [3.63, 3.8) is 0 Å². The molecule has 2 aromatic rings. The summed E-state index contributed by atoms with van der Waals surface area (Å²) in [6, 6.07) is 8.72. The Balaban J connectivity index is 2.08. The lowest BCUT2D eigenvalue weighted by atomic mass is 10.2. The van der Waals surface area contributed by atoms with E-state index in [-0.39, 0.29) is 5.56 Å². The highest BCUT2D eigenvalue weighted by Crippen LogP contribution is 2.22. The summed E-state index contributed by atoms with van der Waals surface area (Å²) in [6.07, 6.45) is 5.00. The van der Waals surface area contributed by atoms with Gasteiger partial charge in [-0.3, -0.25) is 4.79 Å². The van der Waals surface area contributed by atoms with Crippen LogP contribution in [0.25, 0.3) is 0 Å². The molecule has 0 N–H and O–H groups in total. The molecule has 0 aliphatic rings. The minimum absolute atomic E-state index is 0.114. The monoisotopic (exact) mass is 335 g/mol. The van der Waals surface area contributed by atoms with E-state index in [1.54, 1.807) is 36.1 Å². The third-order valence-electron chi connectivity index (χ3n) is 3.58. The third-order valence-corrected chi connectivity index (χ3v) is 3.95. The van der Waals surface area contributed by atoms with E-state index < -0.39 is 0 Å². The van der Waals surface area contributed by atoms with Crippen LogP contribution in [0.15, 0.2) is 41.3 Å². The number of ether oxygens (including phenoxy) is 2. The maximum atomic E-state index is 12.2. The predicted octanol–water partition coefficient (Wildman–Crippen LogP) is 4.13.